The molecular formula is C13H22N2O5. The van der Waals surface area contributed by atoms with E-state index in [1.165, 1.54) is 12.0 Å². The Labute approximate surface area is 118 Å². The molecule has 7 heteroatoms. The van der Waals surface area contributed by atoms with E-state index in [1.54, 1.807) is 20.8 Å². The first-order valence-electron chi connectivity index (χ1n) is 6.68. The van der Waals surface area contributed by atoms with Crippen molar-refractivity contribution in [2.45, 2.75) is 44.5 Å². The summed E-state index contributed by atoms with van der Waals surface area (Å²) in [6.07, 6.45) is -0.554. The molecule has 0 aliphatic carbocycles. The predicted molar refractivity (Wildman–Crippen MR) is 69.9 cm³/mol. The van der Waals surface area contributed by atoms with E-state index < -0.39 is 29.7 Å². The van der Waals surface area contributed by atoms with Crippen LogP contribution in [0.3, 0.4) is 0 Å². The molecule has 7 nitrogen and oxygen atoms in total. The fraction of sp³-hybridized carbons (Fsp3) is 0.846. The second-order valence-electron chi connectivity index (χ2n) is 6.20. The van der Waals surface area contributed by atoms with Gasteiger partial charge in [0, 0.05) is 12.0 Å². The molecule has 0 unspecified atom stereocenters. The van der Waals surface area contributed by atoms with E-state index in [2.05, 4.69) is 0 Å². The second-order valence-corrected chi connectivity index (χ2v) is 6.20. The lowest BCUT2D eigenvalue weighted by molar-refractivity contribution is -0.146. The van der Waals surface area contributed by atoms with Gasteiger partial charge in [-0.05, 0) is 20.8 Å². The van der Waals surface area contributed by atoms with Crippen LogP contribution in [-0.2, 0) is 19.0 Å². The van der Waals surface area contributed by atoms with E-state index in [-0.39, 0.29) is 12.0 Å². The van der Waals surface area contributed by atoms with E-state index in [1.807, 2.05) is 0 Å². The molecule has 0 radical (unpaired) electrons. The third-order valence-corrected chi connectivity index (χ3v) is 3.66. The smallest absolute Gasteiger partial charge is 0.411 e. The first kappa shape index (κ1) is 15.1. The van der Waals surface area contributed by atoms with Crippen LogP contribution in [0, 0.1) is 5.92 Å². The molecule has 2 fully saturated rings. The van der Waals surface area contributed by atoms with Crippen LogP contribution in [0.2, 0.25) is 0 Å². The summed E-state index contributed by atoms with van der Waals surface area (Å²) in [6, 6.07) is -1.54. The maximum Gasteiger partial charge on any atom is 0.411 e. The standard InChI is InChI=1S/C13H22N2O5/c1-13(2,3)20-12(17)15-8-6-19-5-7(8)9(14)10(15)11(16)18-4/h7-10H,5-6,14H2,1-4H3/t7-,8+,9-,10+/m0/s1. The average molecular weight is 286 g/mol. The highest BCUT2D eigenvalue weighted by molar-refractivity contribution is 5.83. The second kappa shape index (κ2) is 5.21. The SMILES string of the molecule is COC(=O)[C@H]1[C@@H](N)[C@H]2COC[C@H]2N1C(=O)OC(C)(C)C. The Morgan fingerprint density at radius 3 is 2.50 bits per heavy atom. The Morgan fingerprint density at radius 1 is 1.30 bits per heavy atom. The molecule has 0 spiro atoms. The molecule has 0 bridgehead atoms. The maximum absolute atomic E-state index is 12.4. The van der Waals surface area contributed by atoms with E-state index in [9.17, 15) is 9.59 Å². The zero-order chi connectivity index (χ0) is 15.1. The molecule has 2 saturated heterocycles. The number of methoxy groups -OCH3 is 1. The van der Waals surface area contributed by atoms with Crippen molar-refractivity contribution in [1.82, 2.24) is 4.90 Å². The van der Waals surface area contributed by atoms with Crippen LogP contribution in [0.5, 0.6) is 0 Å². The highest BCUT2D eigenvalue weighted by atomic mass is 16.6. The number of likely N-dealkylation sites (tertiary alicyclic amines) is 1. The first-order chi connectivity index (χ1) is 9.26. The highest BCUT2D eigenvalue weighted by Crippen LogP contribution is 2.35. The summed E-state index contributed by atoms with van der Waals surface area (Å²) >= 11 is 0. The minimum absolute atomic E-state index is 0.0633. The molecule has 0 saturated carbocycles. The molecule has 114 valence electrons. The summed E-state index contributed by atoms with van der Waals surface area (Å²) in [5, 5.41) is 0. The molecule has 0 aromatic carbocycles. The van der Waals surface area contributed by atoms with Crippen LogP contribution in [0.15, 0.2) is 0 Å². The summed E-state index contributed by atoms with van der Waals surface area (Å²) in [5.41, 5.74) is 5.46. The van der Waals surface area contributed by atoms with Crippen LogP contribution in [-0.4, -0.2) is 61.0 Å². The molecular weight excluding hydrogens is 264 g/mol. The molecule has 2 aliphatic heterocycles. The minimum Gasteiger partial charge on any atom is -0.467 e. The molecule has 2 N–H and O–H groups in total. The van der Waals surface area contributed by atoms with E-state index in [0.29, 0.717) is 13.2 Å². The lowest BCUT2D eigenvalue weighted by atomic mass is 9.97. The Bertz CT molecular complexity index is 406. The van der Waals surface area contributed by atoms with Gasteiger partial charge in [0.1, 0.15) is 11.6 Å². The van der Waals surface area contributed by atoms with Crippen molar-refractivity contribution in [2.75, 3.05) is 20.3 Å². The van der Waals surface area contributed by atoms with Crippen LogP contribution in [0.25, 0.3) is 0 Å². The summed E-state index contributed by atoms with van der Waals surface area (Å²) < 4.78 is 15.5. The normalized spacial score (nSPS) is 33.0. The van der Waals surface area contributed by atoms with Crippen molar-refractivity contribution in [3.63, 3.8) is 0 Å². The number of nitrogens with two attached hydrogens (primary N) is 1. The van der Waals surface area contributed by atoms with Gasteiger partial charge < -0.3 is 19.9 Å². The van der Waals surface area contributed by atoms with Crippen molar-refractivity contribution >= 4 is 12.1 Å². The van der Waals surface area contributed by atoms with Gasteiger partial charge in [-0.25, -0.2) is 9.59 Å². The molecule has 20 heavy (non-hydrogen) atoms. The summed E-state index contributed by atoms with van der Waals surface area (Å²) in [6.45, 7) is 6.13. The zero-order valence-corrected chi connectivity index (χ0v) is 12.3. The van der Waals surface area contributed by atoms with Gasteiger partial charge >= 0.3 is 12.1 Å². The molecule has 0 aromatic rings. The number of nitrogens with zero attached hydrogens (tertiary/aromatic N) is 1. The van der Waals surface area contributed by atoms with Gasteiger partial charge in [0.2, 0.25) is 0 Å². The van der Waals surface area contributed by atoms with Gasteiger partial charge in [0.25, 0.3) is 0 Å². The number of carbonyl (C=O) groups is 2. The number of hydrogen-bond acceptors (Lipinski definition) is 6. The molecule has 1 amide bonds. The molecule has 2 aliphatic rings. The number of esters is 1. The van der Waals surface area contributed by atoms with Crippen molar-refractivity contribution < 1.29 is 23.8 Å². The fourth-order valence-corrected chi connectivity index (χ4v) is 2.79. The molecule has 2 rings (SSSR count). The van der Waals surface area contributed by atoms with Crippen molar-refractivity contribution in [3.05, 3.63) is 0 Å². The largest absolute Gasteiger partial charge is 0.467 e. The third-order valence-electron chi connectivity index (χ3n) is 3.66. The Morgan fingerprint density at radius 2 is 1.95 bits per heavy atom. The Balaban J connectivity index is 2.25. The number of ether oxygens (including phenoxy) is 3. The zero-order valence-electron chi connectivity index (χ0n) is 12.3. The van der Waals surface area contributed by atoms with Crippen molar-refractivity contribution in [2.24, 2.45) is 11.7 Å². The van der Waals surface area contributed by atoms with Gasteiger partial charge in [0.05, 0.1) is 26.4 Å². The van der Waals surface area contributed by atoms with Crippen LogP contribution < -0.4 is 5.73 Å². The van der Waals surface area contributed by atoms with Crippen molar-refractivity contribution in [3.8, 4) is 0 Å². The monoisotopic (exact) mass is 286 g/mol. The molecule has 4 atom stereocenters. The third kappa shape index (κ3) is 2.60. The van der Waals surface area contributed by atoms with Gasteiger partial charge in [-0.1, -0.05) is 0 Å². The topological polar surface area (TPSA) is 91.1 Å². The van der Waals surface area contributed by atoms with E-state index >= 15 is 0 Å². The van der Waals surface area contributed by atoms with Gasteiger partial charge in [0.15, 0.2) is 0 Å². The first-order valence-corrected chi connectivity index (χ1v) is 6.68. The van der Waals surface area contributed by atoms with Crippen LogP contribution >= 0.6 is 0 Å². The number of fused-ring (bicyclic) bond motifs is 1. The Kier molecular flexibility index (Phi) is 3.93. The lowest BCUT2D eigenvalue weighted by Crippen LogP contribution is -2.52. The summed E-state index contributed by atoms with van der Waals surface area (Å²) in [5.74, 6) is -0.579. The van der Waals surface area contributed by atoms with Gasteiger partial charge in [-0.2, -0.15) is 0 Å². The Hall–Kier alpha value is -1.34. The number of rotatable bonds is 1. The minimum atomic E-state index is -0.811. The number of carbonyl (C=O) groups excluding carboxylic acids is 2. The lowest BCUT2D eigenvalue weighted by Gasteiger charge is -2.31. The summed E-state index contributed by atoms with van der Waals surface area (Å²) in [4.78, 5) is 25.7. The van der Waals surface area contributed by atoms with Gasteiger partial charge in [-0.15, -0.1) is 0 Å². The van der Waals surface area contributed by atoms with Crippen LogP contribution in [0.4, 0.5) is 4.79 Å². The van der Waals surface area contributed by atoms with Crippen molar-refractivity contribution in [1.29, 1.82) is 0 Å². The number of hydrogen-bond donors (Lipinski definition) is 1. The molecule has 2 heterocycles. The summed E-state index contributed by atoms with van der Waals surface area (Å²) in [7, 11) is 1.28. The highest BCUT2D eigenvalue weighted by Gasteiger charge is 2.56. The fourth-order valence-electron chi connectivity index (χ4n) is 2.79. The quantitative estimate of drug-likeness (QED) is 0.689. The van der Waals surface area contributed by atoms with E-state index in [4.69, 9.17) is 19.9 Å². The van der Waals surface area contributed by atoms with E-state index in [0.717, 1.165) is 0 Å². The molecule has 0 aromatic heterocycles. The van der Waals surface area contributed by atoms with Gasteiger partial charge in [-0.3, -0.25) is 4.90 Å². The predicted octanol–water partition coefficient (Wildman–Crippen LogP) is 0.121. The van der Waals surface area contributed by atoms with Crippen LogP contribution in [0.1, 0.15) is 20.8 Å². The number of amides is 1. The maximum atomic E-state index is 12.4. The average Bonchev–Trinajstić information content (AvgIpc) is 2.88.